The van der Waals surface area contributed by atoms with Gasteiger partial charge in [0, 0.05) is 12.6 Å². The van der Waals surface area contributed by atoms with Crippen molar-refractivity contribution in [3.63, 3.8) is 0 Å². The first-order valence-corrected chi connectivity index (χ1v) is 8.07. The van der Waals surface area contributed by atoms with Gasteiger partial charge in [-0.1, -0.05) is 20.8 Å². The Morgan fingerprint density at radius 1 is 1.25 bits per heavy atom. The van der Waals surface area contributed by atoms with Gasteiger partial charge in [0.15, 0.2) is 0 Å². The Kier molecular flexibility index (Phi) is 5.67. The fraction of sp³-hybridized carbons (Fsp3) is 0.765. The summed E-state index contributed by atoms with van der Waals surface area (Å²) in [6, 6.07) is 4.93. The second-order valence-corrected chi connectivity index (χ2v) is 6.85. The van der Waals surface area contributed by atoms with E-state index >= 15 is 0 Å². The molecule has 0 aliphatic carbocycles. The zero-order chi connectivity index (χ0) is 14.5. The summed E-state index contributed by atoms with van der Waals surface area (Å²) in [4.78, 5) is 2.55. The van der Waals surface area contributed by atoms with Crippen molar-refractivity contribution < 1.29 is 4.42 Å². The Morgan fingerprint density at radius 2 is 2.00 bits per heavy atom. The molecule has 2 unspecified atom stereocenters. The number of nitrogens with zero attached hydrogens (tertiary/aromatic N) is 1. The predicted molar refractivity (Wildman–Crippen MR) is 83.5 cm³/mol. The normalized spacial score (nSPS) is 24.4. The van der Waals surface area contributed by atoms with E-state index in [0.717, 1.165) is 37.1 Å². The van der Waals surface area contributed by atoms with E-state index in [1.54, 1.807) is 0 Å². The number of nitrogens with one attached hydrogen (secondary N) is 1. The van der Waals surface area contributed by atoms with Gasteiger partial charge >= 0.3 is 0 Å². The smallest absolute Gasteiger partial charge is 0.118 e. The van der Waals surface area contributed by atoms with Crippen LogP contribution in [0.2, 0.25) is 0 Å². The number of hydrogen-bond acceptors (Lipinski definition) is 3. The molecule has 0 aromatic carbocycles. The van der Waals surface area contributed by atoms with Gasteiger partial charge in [0.25, 0.3) is 0 Å². The first-order chi connectivity index (χ1) is 9.54. The fourth-order valence-electron chi connectivity index (χ4n) is 2.89. The van der Waals surface area contributed by atoms with E-state index in [9.17, 15) is 0 Å². The third-order valence-corrected chi connectivity index (χ3v) is 4.17. The molecule has 20 heavy (non-hydrogen) atoms. The van der Waals surface area contributed by atoms with Gasteiger partial charge in [-0.3, -0.25) is 4.90 Å². The van der Waals surface area contributed by atoms with E-state index in [-0.39, 0.29) is 0 Å². The highest BCUT2D eigenvalue weighted by molar-refractivity contribution is 5.07. The van der Waals surface area contributed by atoms with Crippen LogP contribution in [0, 0.1) is 11.8 Å². The van der Waals surface area contributed by atoms with Crippen molar-refractivity contribution in [3.8, 4) is 0 Å². The summed E-state index contributed by atoms with van der Waals surface area (Å²) in [5.41, 5.74) is 0. The molecular weight excluding hydrogens is 248 g/mol. The van der Waals surface area contributed by atoms with E-state index in [1.165, 1.54) is 19.4 Å². The molecule has 1 fully saturated rings. The first-order valence-electron chi connectivity index (χ1n) is 8.07. The van der Waals surface area contributed by atoms with Crippen LogP contribution in [-0.4, -0.2) is 24.0 Å². The van der Waals surface area contributed by atoms with Crippen LogP contribution in [0.15, 0.2) is 16.5 Å². The predicted octanol–water partition coefficient (Wildman–Crippen LogP) is 3.65. The van der Waals surface area contributed by atoms with Crippen molar-refractivity contribution >= 4 is 0 Å². The van der Waals surface area contributed by atoms with Gasteiger partial charge < -0.3 is 9.73 Å². The molecule has 0 spiro atoms. The van der Waals surface area contributed by atoms with E-state index < -0.39 is 0 Å². The third-order valence-electron chi connectivity index (χ3n) is 4.17. The Labute approximate surface area is 123 Å². The average Bonchev–Trinajstić information content (AvgIpc) is 2.81. The quantitative estimate of drug-likeness (QED) is 0.861. The molecule has 2 heterocycles. The average molecular weight is 278 g/mol. The summed E-state index contributed by atoms with van der Waals surface area (Å²) in [7, 11) is 0. The minimum atomic E-state index is 0.679. The van der Waals surface area contributed by atoms with Gasteiger partial charge in [0.2, 0.25) is 0 Å². The van der Waals surface area contributed by atoms with Crippen LogP contribution < -0.4 is 5.32 Å². The lowest BCUT2D eigenvalue weighted by atomic mass is 9.95. The molecule has 0 saturated carbocycles. The van der Waals surface area contributed by atoms with Crippen molar-refractivity contribution in [2.45, 2.75) is 59.7 Å². The molecule has 1 saturated heterocycles. The molecule has 114 valence electrons. The molecule has 3 heteroatoms. The molecule has 2 atom stereocenters. The van der Waals surface area contributed by atoms with Crippen molar-refractivity contribution in [2.24, 2.45) is 11.8 Å². The van der Waals surface area contributed by atoms with Gasteiger partial charge in [0.05, 0.1) is 13.1 Å². The number of piperidine rings is 1. The maximum Gasteiger partial charge on any atom is 0.118 e. The number of hydrogen-bond donors (Lipinski definition) is 1. The van der Waals surface area contributed by atoms with Crippen molar-refractivity contribution in [3.05, 3.63) is 23.7 Å². The Balaban J connectivity index is 1.82. The molecular formula is C17H30N2O. The maximum absolute atomic E-state index is 5.95. The highest BCUT2D eigenvalue weighted by Gasteiger charge is 2.23. The van der Waals surface area contributed by atoms with Crippen LogP contribution in [0.25, 0.3) is 0 Å². The standard InChI is InChI=1S/C17H30N2O/c1-13(2)9-18-10-16-7-8-17(20-16)12-19-11-14(3)5-6-15(19)4/h7-8,13-15,18H,5-6,9-12H2,1-4H3. The SMILES string of the molecule is CC(C)CNCc1ccc(CN2CC(C)CCC2C)o1. The summed E-state index contributed by atoms with van der Waals surface area (Å²) < 4.78 is 5.95. The van der Waals surface area contributed by atoms with E-state index in [0.29, 0.717) is 12.0 Å². The summed E-state index contributed by atoms with van der Waals surface area (Å²) in [5, 5.41) is 3.43. The number of rotatable bonds is 6. The maximum atomic E-state index is 5.95. The molecule has 0 bridgehead atoms. The fourth-order valence-corrected chi connectivity index (χ4v) is 2.89. The van der Waals surface area contributed by atoms with Crippen molar-refractivity contribution in [1.29, 1.82) is 0 Å². The van der Waals surface area contributed by atoms with Crippen LogP contribution in [0.3, 0.4) is 0 Å². The van der Waals surface area contributed by atoms with Crippen LogP contribution in [0.4, 0.5) is 0 Å². The summed E-state index contributed by atoms with van der Waals surface area (Å²) >= 11 is 0. The molecule has 1 aliphatic heterocycles. The lowest BCUT2D eigenvalue weighted by Crippen LogP contribution is -2.40. The molecule has 1 N–H and O–H groups in total. The number of likely N-dealkylation sites (tertiary alicyclic amines) is 1. The summed E-state index contributed by atoms with van der Waals surface area (Å²) in [6.45, 7) is 13.2. The van der Waals surface area contributed by atoms with Gasteiger partial charge in [-0.15, -0.1) is 0 Å². The summed E-state index contributed by atoms with van der Waals surface area (Å²) in [6.07, 6.45) is 2.67. The Morgan fingerprint density at radius 3 is 2.75 bits per heavy atom. The van der Waals surface area contributed by atoms with Crippen LogP contribution in [0.1, 0.15) is 52.1 Å². The molecule has 1 aromatic heterocycles. The van der Waals surface area contributed by atoms with Crippen LogP contribution in [0.5, 0.6) is 0 Å². The molecule has 1 aliphatic rings. The molecule has 1 aromatic rings. The molecule has 2 rings (SSSR count). The molecule has 3 nitrogen and oxygen atoms in total. The minimum absolute atomic E-state index is 0.679. The van der Waals surface area contributed by atoms with Gasteiger partial charge in [-0.05, 0) is 50.3 Å². The minimum Gasteiger partial charge on any atom is -0.463 e. The lowest BCUT2D eigenvalue weighted by molar-refractivity contribution is 0.108. The Hall–Kier alpha value is -0.800. The van der Waals surface area contributed by atoms with Crippen LogP contribution in [-0.2, 0) is 13.1 Å². The second-order valence-electron chi connectivity index (χ2n) is 6.85. The van der Waals surface area contributed by atoms with Crippen LogP contribution >= 0.6 is 0 Å². The largest absolute Gasteiger partial charge is 0.463 e. The van der Waals surface area contributed by atoms with Gasteiger partial charge in [-0.2, -0.15) is 0 Å². The zero-order valence-electron chi connectivity index (χ0n) is 13.5. The second kappa shape index (κ2) is 7.28. The third kappa shape index (κ3) is 4.64. The monoisotopic (exact) mass is 278 g/mol. The van der Waals surface area contributed by atoms with E-state index in [4.69, 9.17) is 4.42 Å². The highest BCUT2D eigenvalue weighted by atomic mass is 16.3. The lowest BCUT2D eigenvalue weighted by Gasteiger charge is -2.36. The zero-order valence-corrected chi connectivity index (χ0v) is 13.5. The van der Waals surface area contributed by atoms with Gasteiger partial charge in [-0.25, -0.2) is 0 Å². The molecule has 0 radical (unpaired) electrons. The van der Waals surface area contributed by atoms with E-state index in [2.05, 4.69) is 50.0 Å². The van der Waals surface area contributed by atoms with E-state index in [1.807, 2.05) is 0 Å². The van der Waals surface area contributed by atoms with Crippen molar-refractivity contribution in [2.75, 3.05) is 13.1 Å². The number of furan rings is 1. The molecule has 0 amide bonds. The van der Waals surface area contributed by atoms with Crippen molar-refractivity contribution in [1.82, 2.24) is 10.2 Å². The van der Waals surface area contributed by atoms with Gasteiger partial charge in [0.1, 0.15) is 11.5 Å². The topological polar surface area (TPSA) is 28.4 Å². The Bertz CT molecular complexity index is 399. The highest BCUT2D eigenvalue weighted by Crippen LogP contribution is 2.23. The summed E-state index contributed by atoms with van der Waals surface area (Å²) in [5.74, 6) is 3.65. The first kappa shape index (κ1) is 15.6.